The number of carbonyl (C=O) groups is 1. The lowest BCUT2D eigenvalue weighted by atomic mass is 10.1. The van der Waals surface area contributed by atoms with Gasteiger partial charge in [0.2, 0.25) is 0 Å². The Morgan fingerprint density at radius 1 is 1.28 bits per heavy atom. The molecule has 1 N–H and O–H groups in total. The van der Waals surface area contributed by atoms with Gasteiger partial charge in [0.15, 0.2) is 0 Å². The van der Waals surface area contributed by atoms with E-state index in [1.165, 1.54) is 19.3 Å². The first-order chi connectivity index (χ1) is 12.1. The number of hydrogen-bond donors (Lipinski definition) is 1. The van der Waals surface area contributed by atoms with E-state index in [2.05, 4.69) is 15.2 Å². The van der Waals surface area contributed by atoms with Gasteiger partial charge in [0, 0.05) is 12.1 Å². The minimum atomic E-state index is -0.253. The van der Waals surface area contributed by atoms with Crippen molar-refractivity contribution in [1.29, 1.82) is 0 Å². The van der Waals surface area contributed by atoms with E-state index < -0.39 is 0 Å². The van der Waals surface area contributed by atoms with Gasteiger partial charge >= 0.3 is 0 Å². The largest absolute Gasteiger partial charge is 0.497 e. The Morgan fingerprint density at radius 3 is 2.72 bits per heavy atom. The summed E-state index contributed by atoms with van der Waals surface area (Å²) in [5.41, 5.74) is 0.510. The summed E-state index contributed by atoms with van der Waals surface area (Å²) in [7, 11) is 1.58. The molecule has 0 aromatic heterocycles. The van der Waals surface area contributed by atoms with E-state index in [0.29, 0.717) is 17.9 Å². The van der Waals surface area contributed by atoms with Crippen LogP contribution in [0.3, 0.4) is 0 Å². The standard InChI is InChI=1S/C19H29N3O3/c1-15(2)25-19(20-10-13-22-11-5-4-6-12-22)21-18(23)16-8-7-9-17(14-16)24-3/h7-9,14-15H,4-6,10-13H2,1-3H3,(H,20,21,23). The number of aliphatic imine (C=N–C) groups is 1. The van der Waals surface area contributed by atoms with Gasteiger partial charge in [-0.1, -0.05) is 12.5 Å². The van der Waals surface area contributed by atoms with Crippen LogP contribution in [0.2, 0.25) is 0 Å². The zero-order valence-electron chi connectivity index (χ0n) is 15.5. The Bertz CT molecular complexity index is 581. The second kappa shape index (κ2) is 10.0. The minimum absolute atomic E-state index is 0.0562. The Morgan fingerprint density at radius 2 is 2.04 bits per heavy atom. The number of rotatable bonds is 6. The summed E-state index contributed by atoms with van der Waals surface area (Å²) >= 11 is 0. The van der Waals surface area contributed by atoms with Crippen molar-refractivity contribution in [1.82, 2.24) is 10.2 Å². The van der Waals surface area contributed by atoms with Crippen molar-refractivity contribution < 1.29 is 14.3 Å². The van der Waals surface area contributed by atoms with Crippen LogP contribution in [0, 0.1) is 0 Å². The monoisotopic (exact) mass is 347 g/mol. The van der Waals surface area contributed by atoms with Crippen LogP contribution in [0.5, 0.6) is 5.75 Å². The van der Waals surface area contributed by atoms with E-state index in [1.807, 2.05) is 13.8 Å². The maximum Gasteiger partial charge on any atom is 0.291 e. The maximum absolute atomic E-state index is 12.4. The Hall–Kier alpha value is -2.08. The number of amides is 1. The number of amidine groups is 1. The average molecular weight is 347 g/mol. The predicted octanol–water partition coefficient (Wildman–Crippen LogP) is 2.69. The summed E-state index contributed by atoms with van der Waals surface area (Å²) in [4.78, 5) is 19.3. The molecule has 0 aliphatic carbocycles. The van der Waals surface area contributed by atoms with Crippen LogP contribution in [0.15, 0.2) is 29.3 Å². The molecule has 1 aromatic rings. The molecule has 25 heavy (non-hydrogen) atoms. The van der Waals surface area contributed by atoms with Crippen LogP contribution in [0.1, 0.15) is 43.5 Å². The molecule has 0 spiro atoms. The lowest BCUT2D eigenvalue weighted by molar-refractivity contribution is 0.0959. The molecule has 0 radical (unpaired) electrons. The highest BCUT2D eigenvalue weighted by Crippen LogP contribution is 2.12. The van der Waals surface area contributed by atoms with E-state index in [-0.39, 0.29) is 18.0 Å². The van der Waals surface area contributed by atoms with E-state index in [9.17, 15) is 4.79 Å². The summed E-state index contributed by atoms with van der Waals surface area (Å²) in [6, 6.07) is 7.29. The summed E-state index contributed by atoms with van der Waals surface area (Å²) in [5.74, 6) is 0.386. The van der Waals surface area contributed by atoms with Crippen LogP contribution >= 0.6 is 0 Å². The van der Waals surface area contributed by atoms with Crippen molar-refractivity contribution in [3.05, 3.63) is 29.8 Å². The van der Waals surface area contributed by atoms with Crippen LogP contribution in [0.25, 0.3) is 0 Å². The predicted molar refractivity (Wildman–Crippen MR) is 99.3 cm³/mol. The second-order valence-electron chi connectivity index (χ2n) is 6.44. The highest BCUT2D eigenvalue weighted by molar-refractivity contribution is 6.04. The summed E-state index contributed by atoms with van der Waals surface area (Å²) in [6.45, 7) is 7.59. The van der Waals surface area contributed by atoms with Crippen molar-refractivity contribution in [3.63, 3.8) is 0 Å². The number of nitrogens with zero attached hydrogens (tertiary/aromatic N) is 2. The lowest BCUT2D eigenvalue weighted by Crippen LogP contribution is -2.36. The van der Waals surface area contributed by atoms with Crippen LogP contribution < -0.4 is 10.1 Å². The SMILES string of the molecule is COc1cccc(C(=O)NC(=NCCN2CCCCC2)OC(C)C)c1. The molecule has 1 saturated heterocycles. The molecule has 6 nitrogen and oxygen atoms in total. The Labute approximate surface area is 150 Å². The number of ether oxygens (including phenoxy) is 2. The molecule has 2 rings (SSSR count). The van der Waals surface area contributed by atoms with E-state index >= 15 is 0 Å². The van der Waals surface area contributed by atoms with Gasteiger partial charge < -0.3 is 14.4 Å². The minimum Gasteiger partial charge on any atom is -0.497 e. The number of nitrogens with one attached hydrogen (secondary N) is 1. The van der Waals surface area contributed by atoms with Crippen molar-refractivity contribution >= 4 is 11.9 Å². The zero-order valence-corrected chi connectivity index (χ0v) is 15.5. The Kier molecular flexibility index (Phi) is 7.73. The van der Waals surface area contributed by atoms with Gasteiger partial charge in [0.05, 0.1) is 19.8 Å². The topological polar surface area (TPSA) is 63.2 Å². The molecule has 1 aromatic carbocycles. The van der Waals surface area contributed by atoms with Gasteiger partial charge in [-0.2, -0.15) is 0 Å². The highest BCUT2D eigenvalue weighted by atomic mass is 16.5. The first-order valence-corrected chi connectivity index (χ1v) is 8.97. The van der Waals surface area contributed by atoms with Crippen molar-refractivity contribution in [2.45, 2.75) is 39.2 Å². The molecule has 1 aliphatic rings. The van der Waals surface area contributed by atoms with Crippen LogP contribution in [0.4, 0.5) is 0 Å². The first kappa shape index (κ1) is 19.2. The molecule has 1 fully saturated rings. The van der Waals surface area contributed by atoms with Gasteiger partial charge in [0.1, 0.15) is 5.75 Å². The average Bonchev–Trinajstić information content (AvgIpc) is 2.62. The summed E-state index contributed by atoms with van der Waals surface area (Å²) < 4.78 is 10.8. The number of carbonyl (C=O) groups excluding carboxylic acids is 1. The van der Waals surface area contributed by atoms with E-state index in [1.54, 1.807) is 31.4 Å². The zero-order chi connectivity index (χ0) is 18.1. The van der Waals surface area contributed by atoms with Crippen molar-refractivity contribution in [2.24, 2.45) is 4.99 Å². The van der Waals surface area contributed by atoms with E-state index in [0.717, 1.165) is 19.6 Å². The van der Waals surface area contributed by atoms with Crippen LogP contribution in [-0.4, -0.2) is 56.2 Å². The molecule has 0 saturated carbocycles. The third kappa shape index (κ3) is 6.74. The number of piperidine rings is 1. The molecule has 0 atom stereocenters. The molecule has 6 heteroatoms. The third-order valence-corrected chi connectivity index (χ3v) is 4.02. The first-order valence-electron chi connectivity index (χ1n) is 8.97. The quantitative estimate of drug-likeness (QED) is 0.635. The smallest absolute Gasteiger partial charge is 0.291 e. The highest BCUT2D eigenvalue weighted by Gasteiger charge is 2.13. The maximum atomic E-state index is 12.4. The molecule has 1 heterocycles. The molecular weight excluding hydrogens is 318 g/mol. The lowest BCUT2D eigenvalue weighted by Gasteiger charge is -2.25. The van der Waals surface area contributed by atoms with Gasteiger partial charge in [-0.25, -0.2) is 4.99 Å². The van der Waals surface area contributed by atoms with Crippen LogP contribution in [-0.2, 0) is 4.74 Å². The van der Waals surface area contributed by atoms with Crippen molar-refractivity contribution in [3.8, 4) is 5.75 Å². The van der Waals surface area contributed by atoms with Gasteiger partial charge in [0.25, 0.3) is 11.9 Å². The molecule has 0 bridgehead atoms. The fraction of sp³-hybridized carbons (Fsp3) is 0.579. The number of methoxy groups -OCH3 is 1. The fourth-order valence-electron chi connectivity index (χ4n) is 2.74. The van der Waals surface area contributed by atoms with Gasteiger partial charge in [-0.15, -0.1) is 0 Å². The third-order valence-electron chi connectivity index (χ3n) is 4.02. The molecule has 1 amide bonds. The summed E-state index contributed by atoms with van der Waals surface area (Å²) in [5, 5.41) is 2.77. The van der Waals surface area contributed by atoms with Gasteiger partial charge in [-0.3, -0.25) is 10.1 Å². The Balaban J connectivity index is 1.95. The fourth-order valence-corrected chi connectivity index (χ4v) is 2.74. The molecule has 138 valence electrons. The van der Waals surface area contributed by atoms with E-state index in [4.69, 9.17) is 9.47 Å². The van der Waals surface area contributed by atoms with Gasteiger partial charge in [-0.05, 0) is 58.0 Å². The molecular formula is C19H29N3O3. The summed E-state index contributed by atoms with van der Waals surface area (Å²) in [6.07, 6.45) is 3.77. The normalized spacial score (nSPS) is 15.9. The molecule has 1 aliphatic heterocycles. The second-order valence-corrected chi connectivity index (χ2v) is 6.44. The number of likely N-dealkylation sites (tertiary alicyclic amines) is 1. The number of benzene rings is 1. The number of hydrogen-bond acceptors (Lipinski definition) is 5. The molecule has 0 unspecified atom stereocenters. The van der Waals surface area contributed by atoms with Crippen molar-refractivity contribution in [2.75, 3.05) is 33.3 Å².